The maximum absolute atomic E-state index is 11.2. The Morgan fingerprint density at radius 2 is 2.00 bits per heavy atom. The Morgan fingerprint density at radius 3 is 2.50 bits per heavy atom. The Labute approximate surface area is 109 Å². The molecule has 0 aromatic carbocycles. The van der Waals surface area contributed by atoms with Crippen LogP contribution in [-0.2, 0) is 9.59 Å². The van der Waals surface area contributed by atoms with Gasteiger partial charge < -0.3 is 15.3 Å². The smallest absolute Gasteiger partial charge is 0.303 e. The summed E-state index contributed by atoms with van der Waals surface area (Å²) in [5, 5.41) is 11.4. The third-order valence-electron chi connectivity index (χ3n) is 2.70. The summed E-state index contributed by atoms with van der Waals surface area (Å²) >= 11 is 0. The van der Waals surface area contributed by atoms with Gasteiger partial charge in [0.2, 0.25) is 5.91 Å². The molecule has 0 spiro atoms. The molecule has 0 radical (unpaired) electrons. The zero-order valence-electron chi connectivity index (χ0n) is 11.5. The fourth-order valence-corrected chi connectivity index (χ4v) is 1.53. The zero-order valence-corrected chi connectivity index (χ0v) is 11.5. The van der Waals surface area contributed by atoms with E-state index in [1.807, 2.05) is 20.9 Å². The third kappa shape index (κ3) is 8.75. The first kappa shape index (κ1) is 16.6. The number of rotatable bonds is 9. The van der Waals surface area contributed by atoms with E-state index in [-0.39, 0.29) is 17.9 Å². The first-order chi connectivity index (χ1) is 8.26. The first-order valence-corrected chi connectivity index (χ1v) is 6.12. The standard InChI is InChI=1S/C13H24N2O3/c1-5-11(16)14-13(2,3)8-10-15(4)9-6-7-12(17)18/h5H,1,6-10H2,2-4H3,(H,14,16)(H,17,18). The molecule has 5 nitrogen and oxygen atoms in total. The molecule has 0 aromatic heterocycles. The molecule has 0 fully saturated rings. The topological polar surface area (TPSA) is 69.6 Å². The van der Waals surface area contributed by atoms with Crippen molar-refractivity contribution in [3.8, 4) is 0 Å². The minimum absolute atomic E-state index is 0.173. The van der Waals surface area contributed by atoms with Crippen LogP contribution in [0, 0.1) is 0 Å². The van der Waals surface area contributed by atoms with Crippen LogP contribution < -0.4 is 5.32 Å². The molecular formula is C13H24N2O3. The number of carboxylic acid groups (broad SMARTS) is 1. The second kappa shape index (κ2) is 7.87. The molecule has 2 N–H and O–H groups in total. The highest BCUT2D eigenvalue weighted by atomic mass is 16.4. The van der Waals surface area contributed by atoms with Crippen LogP contribution in [0.15, 0.2) is 12.7 Å². The summed E-state index contributed by atoms with van der Waals surface area (Å²) in [4.78, 5) is 23.7. The number of nitrogens with zero attached hydrogens (tertiary/aromatic N) is 1. The monoisotopic (exact) mass is 256 g/mol. The highest BCUT2D eigenvalue weighted by molar-refractivity contribution is 5.87. The molecule has 0 unspecified atom stereocenters. The fourth-order valence-electron chi connectivity index (χ4n) is 1.53. The van der Waals surface area contributed by atoms with Gasteiger partial charge in [-0.15, -0.1) is 0 Å². The highest BCUT2D eigenvalue weighted by Crippen LogP contribution is 2.09. The van der Waals surface area contributed by atoms with Crippen LogP contribution in [0.2, 0.25) is 0 Å². The lowest BCUT2D eigenvalue weighted by atomic mass is 10.0. The van der Waals surface area contributed by atoms with Crippen LogP contribution >= 0.6 is 0 Å². The van der Waals surface area contributed by atoms with Crippen molar-refractivity contribution in [2.75, 3.05) is 20.1 Å². The Kier molecular flexibility index (Phi) is 7.27. The van der Waals surface area contributed by atoms with Crippen LogP contribution in [-0.4, -0.2) is 47.6 Å². The number of aliphatic carboxylic acids is 1. The maximum atomic E-state index is 11.2. The van der Waals surface area contributed by atoms with Gasteiger partial charge >= 0.3 is 5.97 Å². The summed E-state index contributed by atoms with van der Waals surface area (Å²) in [5.74, 6) is -0.935. The molecule has 104 valence electrons. The largest absolute Gasteiger partial charge is 0.481 e. The van der Waals surface area contributed by atoms with Gasteiger partial charge in [-0.1, -0.05) is 6.58 Å². The summed E-state index contributed by atoms with van der Waals surface area (Å²) in [6.45, 7) is 8.89. The van der Waals surface area contributed by atoms with Crippen molar-refractivity contribution in [3.63, 3.8) is 0 Å². The average Bonchev–Trinajstić information content (AvgIpc) is 2.25. The number of hydrogen-bond donors (Lipinski definition) is 2. The quantitative estimate of drug-likeness (QED) is 0.609. The summed E-state index contributed by atoms with van der Waals surface area (Å²) in [6.07, 6.45) is 2.90. The lowest BCUT2D eigenvalue weighted by Gasteiger charge is -2.28. The normalized spacial score (nSPS) is 11.3. The Bertz CT molecular complexity index is 301. The van der Waals surface area contributed by atoms with E-state index in [0.717, 1.165) is 19.5 Å². The van der Waals surface area contributed by atoms with Crippen LogP contribution in [0.3, 0.4) is 0 Å². The van der Waals surface area contributed by atoms with E-state index in [1.165, 1.54) is 6.08 Å². The van der Waals surface area contributed by atoms with Gasteiger partial charge in [-0.25, -0.2) is 0 Å². The number of hydrogen-bond acceptors (Lipinski definition) is 3. The minimum atomic E-state index is -0.762. The Balaban J connectivity index is 3.88. The average molecular weight is 256 g/mol. The van der Waals surface area contributed by atoms with Gasteiger partial charge in [-0.05, 0) is 46.4 Å². The van der Waals surface area contributed by atoms with Gasteiger partial charge in [-0.3, -0.25) is 9.59 Å². The van der Waals surface area contributed by atoms with Gasteiger partial charge in [-0.2, -0.15) is 0 Å². The number of carboxylic acids is 1. The van der Waals surface area contributed by atoms with Crippen molar-refractivity contribution >= 4 is 11.9 Å². The molecule has 1 amide bonds. The van der Waals surface area contributed by atoms with Crippen molar-refractivity contribution in [2.45, 2.75) is 38.6 Å². The molecule has 0 aliphatic carbocycles. The van der Waals surface area contributed by atoms with E-state index >= 15 is 0 Å². The maximum Gasteiger partial charge on any atom is 0.303 e. The van der Waals surface area contributed by atoms with E-state index in [1.54, 1.807) is 0 Å². The number of nitrogens with one attached hydrogen (secondary N) is 1. The van der Waals surface area contributed by atoms with E-state index < -0.39 is 5.97 Å². The summed E-state index contributed by atoms with van der Waals surface area (Å²) in [5.41, 5.74) is -0.285. The molecule has 0 aliphatic heterocycles. The predicted octanol–water partition coefficient (Wildman–Crippen LogP) is 1.25. The second-order valence-corrected chi connectivity index (χ2v) is 5.13. The molecule has 0 saturated carbocycles. The first-order valence-electron chi connectivity index (χ1n) is 6.12. The SMILES string of the molecule is C=CC(=O)NC(C)(C)CCN(C)CCCC(=O)O. The van der Waals surface area contributed by atoms with Crippen LogP contribution in [0.5, 0.6) is 0 Å². The van der Waals surface area contributed by atoms with E-state index in [4.69, 9.17) is 5.11 Å². The molecule has 0 atom stereocenters. The van der Waals surface area contributed by atoms with Crippen molar-refractivity contribution in [1.82, 2.24) is 10.2 Å². The molecule has 0 aliphatic rings. The lowest BCUT2D eigenvalue weighted by molar-refractivity contribution is -0.137. The fraction of sp³-hybridized carbons (Fsp3) is 0.692. The van der Waals surface area contributed by atoms with Crippen LogP contribution in [0.4, 0.5) is 0 Å². The molecular weight excluding hydrogens is 232 g/mol. The summed E-state index contributed by atoms with van der Waals surface area (Å²) in [7, 11) is 1.95. The number of carbonyl (C=O) groups is 2. The molecule has 0 saturated heterocycles. The second-order valence-electron chi connectivity index (χ2n) is 5.13. The van der Waals surface area contributed by atoms with Crippen LogP contribution in [0.1, 0.15) is 33.1 Å². The third-order valence-corrected chi connectivity index (χ3v) is 2.70. The Morgan fingerprint density at radius 1 is 1.39 bits per heavy atom. The molecule has 0 rings (SSSR count). The summed E-state index contributed by atoms with van der Waals surface area (Å²) < 4.78 is 0. The molecule has 0 bridgehead atoms. The van der Waals surface area contributed by atoms with E-state index in [9.17, 15) is 9.59 Å². The van der Waals surface area contributed by atoms with Crippen molar-refractivity contribution < 1.29 is 14.7 Å². The number of amides is 1. The van der Waals surface area contributed by atoms with Gasteiger partial charge in [0.05, 0.1) is 0 Å². The Hall–Kier alpha value is -1.36. The van der Waals surface area contributed by atoms with Crippen molar-refractivity contribution in [1.29, 1.82) is 0 Å². The van der Waals surface area contributed by atoms with Gasteiger partial charge in [0.15, 0.2) is 0 Å². The highest BCUT2D eigenvalue weighted by Gasteiger charge is 2.19. The van der Waals surface area contributed by atoms with Crippen LogP contribution in [0.25, 0.3) is 0 Å². The molecule has 0 heterocycles. The summed E-state index contributed by atoms with van der Waals surface area (Å²) in [6, 6.07) is 0. The molecule has 18 heavy (non-hydrogen) atoms. The van der Waals surface area contributed by atoms with E-state index in [0.29, 0.717) is 6.42 Å². The van der Waals surface area contributed by atoms with Gasteiger partial charge in [0.1, 0.15) is 0 Å². The predicted molar refractivity (Wildman–Crippen MR) is 71.4 cm³/mol. The van der Waals surface area contributed by atoms with Crippen molar-refractivity contribution in [3.05, 3.63) is 12.7 Å². The zero-order chi connectivity index (χ0) is 14.2. The van der Waals surface area contributed by atoms with Gasteiger partial charge in [0, 0.05) is 18.5 Å². The number of carbonyl (C=O) groups excluding carboxylic acids is 1. The lowest BCUT2D eigenvalue weighted by Crippen LogP contribution is -2.44. The van der Waals surface area contributed by atoms with E-state index in [2.05, 4.69) is 16.8 Å². The molecule has 0 aromatic rings. The molecule has 5 heteroatoms. The van der Waals surface area contributed by atoms with Crippen molar-refractivity contribution in [2.24, 2.45) is 0 Å². The van der Waals surface area contributed by atoms with Gasteiger partial charge in [0.25, 0.3) is 0 Å². The minimum Gasteiger partial charge on any atom is -0.481 e.